The summed E-state index contributed by atoms with van der Waals surface area (Å²) >= 11 is 0. The van der Waals surface area contributed by atoms with Crippen molar-refractivity contribution in [2.24, 2.45) is 0 Å². The third-order valence-corrected chi connectivity index (χ3v) is 4.38. The minimum atomic E-state index is 0.0454. The summed E-state index contributed by atoms with van der Waals surface area (Å²) < 4.78 is 0. The summed E-state index contributed by atoms with van der Waals surface area (Å²) in [5.74, 6) is 1.33. The average molecular weight is 468 g/mol. The molecule has 0 amide bonds. The molecule has 0 aliphatic carbocycles. The van der Waals surface area contributed by atoms with E-state index >= 15 is 0 Å². The van der Waals surface area contributed by atoms with Crippen molar-refractivity contribution in [1.29, 1.82) is 0 Å². The molecule has 0 spiro atoms. The quantitative estimate of drug-likeness (QED) is 0.151. The van der Waals surface area contributed by atoms with Crippen molar-refractivity contribution in [3.05, 3.63) is 25.3 Å². The predicted octanol–water partition coefficient (Wildman–Crippen LogP) is -6.08. The molecule has 0 saturated carbocycles. The van der Waals surface area contributed by atoms with Crippen molar-refractivity contribution in [1.82, 2.24) is 79.7 Å². The Morgan fingerprint density at radius 1 is 0.343 bits per heavy atom. The summed E-state index contributed by atoms with van der Waals surface area (Å²) in [6.07, 6.45) is 5.18. The summed E-state index contributed by atoms with van der Waals surface area (Å²) in [6, 6.07) is 0. The second-order valence-corrected chi connectivity index (χ2v) is 6.60. The van der Waals surface area contributed by atoms with Gasteiger partial charge in [0.05, 0.1) is 4.90 Å². The van der Waals surface area contributed by atoms with Gasteiger partial charge in [-0.2, -0.15) is 39.9 Å². The van der Waals surface area contributed by atoms with Gasteiger partial charge in [-0.05, 0) is 21.3 Å². The van der Waals surface area contributed by atoms with Crippen molar-refractivity contribution in [3.63, 3.8) is 0 Å². The van der Waals surface area contributed by atoms with Gasteiger partial charge in [0.1, 0.15) is 25.3 Å². The van der Waals surface area contributed by atoms with Crippen molar-refractivity contribution < 1.29 is 21.3 Å². The standard InChI is InChI=1S/C15H8N20/c1-16-5-24-7(18-1)28-11-30-12-29-8-19-2-17-6(25-8)27-10-21-4-23-14(32-10)35(15(33-11)34-12)13-22-3-20-9(26-5)31-13/h1-4,26-29H/q+5. The molecular weight excluding hydrogens is 460 g/mol. The highest BCUT2D eigenvalue weighted by Gasteiger charge is 2.42. The third-order valence-electron chi connectivity index (χ3n) is 4.38. The Bertz CT molecular complexity index is 1480. The molecule has 7 heterocycles. The number of aromatic nitrogens is 15. The summed E-state index contributed by atoms with van der Waals surface area (Å²) in [7, 11) is 0. The van der Waals surface area contributed by atoms with E-state index < -0.39 is 0 Å². The Hall–Kier alpha value is -5.15. The molecule has 4 N–H and O–H groups in total. The van der Waals surface area contributed by atoms with Crippen LogP contribution in [0.25, 0.3) is 0 Å². The topological polar surface area (TPSA) is 262 Å². The minimum absolute atomic E-state index is 0.0454. The van der Waals surface area contributed by atoms with E-state index in [4.69, 9.17) is 0 Å². The molecule has 5 aromatic heterocycles. The molecule has 7 rings (SSSR count). The normalized spacial score (nSPS) is 14.3. The van der Waals surface area contributed by atoms with E-state index in [0.29, 0.717) is 0 Å². The molecule has 0 fully saturated rings. The van der Waals surface area contributed by atoms with Crippen LogP contribution < -0.4 is 26.2 Å². The monoisotopic (exact) mass is 468 g/mol. The molecule has 0 unspecified atom stereocenters. The van der Waals surface area contributed by atoms with Crippen LogP contribution >= 0.6 is 0 Å². The first-order valence-electron chi connectivity index (χ1n) is 9.66. The summed E-state index contributed by atoms with van der Waals surface area (Å²) in [5.41, 5.74) is 0. The number of nitrogens with zero attached hydrogens (tertiary/aromatic N) is 16. The Labute approximate surface area is 192 Å². The van der Waals surface area contributed by atoms with Gasteiger partial charge in [0.15, 0.2) is 0 Å². The minimum Gasteiger partial charge on any atom is -0.161 e. The van der Waals surface area contributed by atoms with Crippen LogP contribution in [0.2, 0.25) is 0 Å². The highest BCUT2D eigenvalue weighted by atomic mass is 15.5. The van der Waals surface area contributed by atoms with Gasteiger partial charge in [-0.1, -0.05) is 34.9 Å². The first-order valence-corrected chi connectivity index (χ1v) is 9.66. The largest absolute Gasteiger partial charge is 0.409 e. The van der Waals surface area contributed by atoms with Gasteiger partial charge in [0.2, 0.25) is 0 Å². The highest BCUT2D eigenvalue weighted by Crippen LogP contribution is 2.26. The second-order valence-electron chi connectivity index (χ2n) is 6.60. The van der Waals surface area contributed by atoms with E-state index in [1.165, 1.54) is 30.2 Å². The van der Waals surface area contributed by atoms with Gasteiger partial charge in [0, 0.05) is 0 Å². The zero-order valence-corrected chi connectivity index (χ0v) is 17.0. The molecule has 163 valence electrons. The van der Waals surface area contributed by atoms with Gasteiger partial charge in [-0.25, -0.2) is 0 Å². The maximum absolute atomic E-state index is 4.48. The fourth-order valence-corrected chi connectivity index (χ4v) is 2.99. The number of hydrogen-bond donors (Lipinski definition) is 4. The summed E-state index contributed by atoms with van der Waals surface area (Å²) in [6.45, 7) is 0. The summed E-state index contributed by atoms with van der Waals surface area (Å²) in [4.78, 5) is 65.2. The molecule has 2 aliphatic heterocycles. The lowest BCUT2D eigenvalue weighted by atomic mass is 10.6. The van der Waals surface area contributed by atoms with E-state index in [-0.39, 0.29) is 65.4 Å². The van der Waals surface area contributed by atoms with Crippen LogP contribution in [0.15, 0.2) is 25.3 Å². The first kappa shape index (κ1) is 19.3. The van der Waals surface area contributed by atoms with Crippen LogP contribution in [0, 0.1) is 0 Å². The van der Waals surface area contributed by atoms with Gasteiger partial charge in [0.25, 0.3) is 0 Å². The van der Waals surface area contributed by atoms with Crippen LogP contribution in [0.5, 0.6) is 0 Å². The molecule has 11 bridgehead atoms. The SMILES string of the molecule is c1nc2nc(n1)[NH+]c1nc3nc(n1)[N+](c1ncnc(n1)[NH+]2)c1ncnc(n1)[NH+]c1ncnc(n1)[NH+]3. The van der Waals surface area contributed by atoms with Crippen molar-refractivity contribution in [2.75, 3.05) is 0 Å². The van der Waals surface area contributed by atoms with E-state index in [1.54, 1.807) is 0 Å². The van der Waals surface area contributed by atoms with Gasteiger partial charge in [-0.3, -0.25) is 0 Å². The number of hydrogen-bond acceptors (Lipinski definition) is 20. The molecule has 35 heavy (non-hydrogen) atoms. The highest BCUT2D eigenvalue weighted by molar-refractivity contribution is 5.49. The Balaban J connectivity index is 1.52. The average Bonchev–Trinajstić information content (AvgIpc) is 2.84. The van der Waals surface area contributed by atoms with E-state index in [1.807, 2.05) is 0 Å². The zero-order chi connectivity index (χ0) is 23.2. The van der Waals surface area contributed by atoms with E-state index in [2.05, 4.69) is 96.0 Å². The van der Waals surface area contributed by atoms with Crippen molar-refractivity contribution in [2.45, 2.75) is 0 Å². The molecular formula is C15H8N20+5. The lowest BCUT2D eigenvalue weighted by molar-refractivity contribution is -0.516. The molecule has 20 heteroatoms. The number of fused-ring (bicyclic) bond motifs is 12. The summed E-state index contributed by atoms with van der Waals surface area (Å²) in [5, 5.41) is 11.6. The fourth-order valence-electron chi connectivity index (χ4n) is 2.99. The fraction of sp³-hybridized carbons (Fsp3) is 0. The maximum Gasteiger partial charge on any atom is 0.409 e. The van der Waals surface area contributed by atoms with Crippen molar-refractivity contribution in [3.8, 4) is 0 Å². The second kappa shape index (κ2) is 7.72. The Kier molecular flexibility index (Phi) is 4.26. The molecule has 0 saturated heterocycles. The van der Waals surface area contributed by atoms with Crippen LogP contribution in [0.3, 0.4) is 0 Å². The number of nitrogens with one attached hydrogen (secondary N) is 4. The molecule has 20 nitrogen and oxygen atoms in total. The zero-order valence-electron chi connectivity index (χ0n) is 17.0. The Morgan fingerprint density at radius 2 is 0.657 bits per heavy atom. The van der Waals surface area contributed by atoms with Crippen LogP contribution in [0.1, 0.15) is 0 Å². The van der Waals surface area contributed by atoms with Crippen LogP contribution in [-0.4, -0.2) is 74.8 Å². The molecule has 2 aliphatic rings. The van der Waals surface area contributed by atoms with E-state index in [9.17, 15) is 0 Å². The van der Waals surface area contributed by atoms with E-state index in [0.717, 1.165) is 0 Å². The van der Waals surface area contributed by atoms with Crippen LogP contribution in [-0.2, 0) is 0 Å². The third kappa shape index (κ3) is 3.71. The van der Waals surface area contributed by atoms with Crippen molar-refractivity contribution >= 4 is 65.4 Å². The molecule has 5 radical (unpaired) electrons. The molecule has 0 aromatic carbocycles. The molecule has 0 atom stereocenters. The van der Waals surface area contributed by atoms with Gasteiger partial charge >= 0.3 is 65.4 Å². The number of anilines is 11. The van der Waals surface area contributed by atoms with Crippen LogP contribution in [0.4, 0.5) is 65.4 Å². The van der Waals surface area contributed by atoms with Gasteiger partial charge < -0.3 is 0 Å². The lowest BCUT2D eigenvalue weighted by Gasteiger charge is -2.05. The Morgan fingerprint density at radius 3 is 1.11 bits per heavy atom. The predicted molar refractivity (Wildman–Crippen MR) is 101 cm³/mol. The first-order chi connectivity index (χ1) is 17.2. The lowest BCUT2D eigenvalue weighted by Crippen LogP contribution is -2.78. The maximum atomic E-state index is 4.48. The van der Waals surface area contributed by atoms with Gasteiger partial charge in [-0.15, -0.1) is 0 Å². The molecule has 5 aromatic rings. The smallest absolute Gasteiger partial charge is 0.161 e. The number of rotatable bonds is 0.